The quantitative estimate of drug-likeness (QED) is 0.480. The van der Waals surface area contributed by atoms with E-state index in [1.165, 1.54) is 6.07 Å². The minimum absolute atomic E-state index is 0.111. The molecular formula is C23H32FN7O. The number of aryl methyl sites for hydroxylation is 1. The first kappa shape index (κ1) is 23.4. The van der Waals surface area contributed by atoms with Gasteiger partial charge in [0.2, 0.25) is 11.9 Å². The number of hydrogen-bond acceptors (Lipinski definition) is 5. The lowest BCUT2D eigenvalue weighted by atomic mass is 10.1. The summed E-state index contributed by atoms with van der Waals surface area (Å²) < 4.78 is 13.3. The Hall–Kier alpha value is -3.23. The molecule has 1 fully saturated rings. The summed E-state index contributed by atoms with van der Waals surface area (Å²) in [6, 6.07) is 6.65. The second-order valence-corrected chi connectivity index (χ2v) is 7.67. The molecule has 1 aromatic heterocycles. The van der Waals surface area contributed by atoms with Gasteiger partial charge in [0.15, 0.2) is 5.96 Å². The Bertz CT molecular complexity index is 898. The van der Waals surface area contributed by atoms with Crippen LogP contribution in [0.1, 0.15) is 24.5 Å². The van der Waals surface area contributed by atoms with E-state index in [0.717, 1.165) is 37.2 Å². The Morgan fingerprint density at radius 1 is 1.16 bits per heavy atom. The number of aliphatic imine (C=N–C) groups is 1. The number of halogens is 1. The van der Waals surface area contributed by atoms with Crippen LogP contribution in [0, 0.1) is 12.7 Å². The van der Waals surface area contributed by atoms with E-state index in [1.807, 2.05) is 24.8 Å². The highest BCUT2D eigenvalue weighted by molar-refractivity contribution is 5.81. The van der Waals surface area contributed by atoms with Crippen molar-refractivity contribution in [3.8, 4) is 0 Å². The van der Waals surface area contributed by atoms with Crippen molar-refractivity contribution in [2.24, 2.45) is 4.99 Å². The van der Waals surface area contributed by atoms with Crippen molar-refractivity contribution in [1.82, 2.24) is 25.5 Å². The maximum Gasteiger partial charge on any atom is 0.225 e. The number of carbonyl (C=O) groups is 1. The fraction of sp³-hybridized carbons (Fsp3) is 0.478. The van der Waals surface area contributed by atoms with Gasteiger partial charge in [0.25, 0.3) is 0 Å². The number of nitrogens with one attached hydrogen (secondary N) is 2. The average Bonchev–Trinajstić information content (AvgIpc) is 2.81. The third-order valence-electron chi connectivity index (χ3n) is 5.40. The molecule has 0 bridgehead atoms. The second kappa shape index (κ2) is 12.0. The Labute approximate surface area is 189 Å². The highest BCUT2D eigenvalue weighted by Crippen LogP contribution is 2.11. The summed E-state index contributed by atoms with van der Waals surface area (Å²) in [5.74, 6) is 1.29. The van der Waals surface area contributed by atoms with Crippen molar-refractivity contribution in [2.75, 3.05) is 50.7 Å². The van der Waals surface area contributed by atoms with Crippen LogP contribution in [-0.2, 0) is 11.2 Å². The van der Waals surface area contributed by atoms with Crippen LogP contribution in [0.4, 0.5) is 10.3 Å². The second-order valence-electron chi connectivity index (χ2n) is 7.67. The lowest BCUT2D eigenvalue weighted by Crippen LogP contribution is -2.49. The zero-order valence-corrected chi connectivity index (χ0v) is 18.9. The number of nitrogens with zero attached hydrogens (tertiary/aromatic N) is 5. The molecule has 1 aliphatic heterocycles. The van der Waals surface area contributed by atoms with Gasteiger partial charge in [0.1, 0.15) is 5.82 Å². The number of hydrogen-bond donors (Lipinski definition) is 2. The Kier molecular flexibility index (Phi) is 8.77. The number of carbonyl (C=O) groups excluding carboxylic acids is 1. The average molecular weight is 442 g/mol. The van der Waals surface area contributed by atoms with Gasteiger partial charge in [-0.25, -0.2) is 14.4 Å². The monoisotopic (exact) mass is 441 g/mol. The van der Waals surface area contributed by atoms with Crippen LogP contribution < -0.4 is 15.5 Å². The summed E-state index contributed by atoms with van der Waals surface area (Å²) in [5.41, 5.74) is 2.04. The van der Waals surface area contributed by atoms with E-state index in [2.05, 4.69) is 30.5 Å². The Morgan fingerprint density at radius 3 is 2.59 bits per heavy atom. The summed E-state index contributed by atoms with van der Waals surface area (Å²) >= 11 is 0. The fourth-order valence-corrected chi connectivity index (χ4v) is 3.63. The van der Waals surface area contributed by atoms with E-state index in [4.69, 9.17) is 0 Å². The number of guanidine groups is 1. The molecule has 2 aromatic rings. The summed E-state index contributed by atoms with van der Waals surface area (Å²) in [4.78, 5) is 29.6. The van der Waals surface area contributed by atoms with Gasteiger partial charge in [-0.1, -0.05) is 6.07 Å². The molecule has 0 unspecified atom stereocenters. The van der Waals surface area contributed by atoms with E-state index in [0.29, 0.717) is 44.5 Å². The van der Waals surface area contributed by atoms with Crippen LogP contribution in [0.5, 0.6) is 0 Å². The van der Waals surface area contributed by atoms with Gasteiger partial charge < -0.3 is 20.4 Å². The summed E-state index contributed by atoms with van der Waals surface area (Å²) in [6.07, 6.45) is 4.60. The molecule has 1 saturated heterocycles. The molecular weight excluding hydrogens is 409 g/mol. The highest BCUT2D eigenvalue weighted by Gasteiger charge is 2.22. The standard InChI is InChI=1S/C23H32FN7O/c1-3-25-22(26-11-7-19-5-6-20(24)17-18(19)2)27-12-8-21(32)30-13-15-31(16-14-30)23-28-9-4-10-29-23/h4-6,9-10,17H,3,7-8,11-16H2,1-2H3,(H2,25,26,27). The van der Waals surface area contributed by atoms with Crippen LogP contribution in [0.15, 0.2) is 41.7 Å². The van der Waals surface area contributed by atoms with Gasteiger partial charge in [0.05, 0.1) is 6.54 Å². The van der Waals surface area contributed by atoms with Gasteiger partial charge in [-0.15, -0.1) is 0 Å². The van der Waals surface area contributed by atoms with E-state index in [1.54, 1.807) is 24.5 Å². The molecule has 32 heavy (non-hydrogen) atoms. The number of anilines is 1. The van der Waals surface area contributed by atoms with Gasteiger partial charge in [0, 0.05) is 58.1 Å². The first-order valence-electron chi connectivity index (χ1n) is 11.1. The van der Waals surface area contributed by atoms with Gasteiger partial charge in [-0.2, -0.15) is 0 Å². The predicted molar refractivity (Wildman–Crippen MR) is 124 cm³/mol. The summed E-state index contributed by atoms with van der Waals surface area (Å²) in [7, 11) is 0. The number of benzene rings is 1. The van der Waals surface area contributed by atoms with E-state index in [9.17, 15) is 9.18 Å². The van der Waals surface area contributed by atoms with E-state index >= 15 is 0 Å². The topological polar surface area (TPSA) is 85.8 Å². The molecule has 9 heteroatoms. The zero-order valence-electron chi connectivity index (χ0n) is 18.9. The van der Waals surface area contributed by atoms with Crippen LogP contribution in [-0.4, -0.2) is 72.5 Å². The predicted octanol–water partition coefficient (Wildman–Crippen LogP) is 1.76. The fourth-order valence-electron chi connectivity index (χ4n) is 3.63. The number of aromatic nitrogens is 2. The first-order valence-corrected chi connectivity index (χ1v) is 11.1. The molecule has 0 saturated carbocycles. The van der Waals surface area contributed by atoms with Crippen molar-refractivity contribution in [3.63, 3.8) is 0 Å². The van der Waals surface area contributed by atoms with E-state index < -0.39 is 0 Å². The number of amides is 1. The van der Waals surface area contributed by atoms with E-state index in [-0.39, 0.29) is 11.7 Å². The van der Waals surface area contributed by atoms with Crippen LogP contribution in [0.2, 0.25) is 0 Å². The van der Waals surface area contributed by atoms with Crippen LogP contribution in [0.25, 0.3) is 0 Å². The van der Waals surface area contributed by atoms with Crippen molar-refractivity contribution < 1.29 is 9.18 Å². The SMILES string of the molecule is CCNC(=NCCC(=O)N1CCN(c2ncccn2)CC1)NCCc1ccc(F)cc1C. The highest BCUT2D eigenvalue weighted by atomic mass is 19.1. The maximum atomic E-state index is 13.3. The molecule has 172 valence electrons. The van der Waals surface area contributed by atoms with Crippen molar-refractivity contribution >= 4 is 17.8 Å². The lowest BCUT2D eigenvalue weighted by molar-refractivity contribution is -0.131. The molecule has 2 N–H and O–H groups in total. The molecule has 1 aliphatic rings. The van der Waals surface area contributed by atoms with Gasteiger partial charge in [-0.3, -0.25) is 9.79 Å². The third kappa shape index (κ3) is 6.90. The Balaban J connectivity index is 1.41. The van der Waals surface area contributed by atoms with Crippen molar-refractivity contribution in [3.05, 3.63) is 53.6 Å². The van der Waals surface area contributed by atoms with Crippen LogP contribution >= 0.6 is 0 Å². The molecule has 8 nitrogen and oxygen atoms in total. The van der Waals surface area contributed by atoms with Crippen molar-refractivity contribution in [1.29, 1.82) is 0 Å². The summed E-state index contributed by atoms with van der Waals surface area (Å²) in [5, 5.41) is 6.49. The van der Waals surface area contributed by atoms with Crippen LogP contribution in [0.3, 0.4) is 0 Å². The summed E-state index contributed by atoms with van der Waals surface area (Å²) in [6.45, 7) is 8.53. The molecule has 0 radical (unpaired) electrons. The molecule has 3 rings (SSSR count). The Morgan fingerprint density at radius 2 is 1.91 bits per heavy atom. The molecule has 0 atom stereocenters. The first-order chi connectivity index (χ1) is 15.6. The molecule has 2 heterocycles. The largest absolute Gasteiger partial charge is 0.357 e. The maximum absolute atomic E-state index is 13.3. The minimum Gasteiger partial charge on any atom is -0.357 e. The van der Waals surface area contributed by atoms with Gasteiger partial charge in [-0.05, 0) is 49.6 Å². The molecule has 1 amide bonds. The number of rotatable bonds is 8. The molecule has 0 aliphatic carbocycles. The third-order valence-corrected chi connectivity index (χ3v) is 5.40. The van der Waals surface area contributed by atoms with Crippen molar-refractivity contribution in [2.45, 2.75) is 26.7 Å². The molecule has 0 spiro atoms. The minimum atomic E-state index is -0.214. The normalized spacial score (nSPS) is 14.4. The van der Waals surface area contributed by atoms with Gasteiger partial charge >= 0.3 is 0 Å². The zero-order chi connectivity index (χ0) is 22.8. The molecule has 1 aromatic carbocycles. The lowest BCUT2D eigenvalue weighted by Gasteiger charge is -2.34. The number of piperazine rings is 1. The smallest absolute Gasteiger partial charge is 0.225 e.